The van der Waals surface area contributed by atoms with Gasteiger partial charge in [0.2, 0.25) is 0 Å². The Labute approximate surface area is 89.5 Å². The van der Waals surface area contributed by atoms with Crippen LogP contribution in [0.5, 0.6) is 0 Å². The fourth-order valence-electron chi connectivity index (χ4n) is 1.15. The molecule has 1 unspecified atom stereocenters. The number of hydrogen-bond acceptors (Lipinski definition) is 4. The first-order valence-corrected chi connectivity index (χ1v) is 6.09. The third-order valence-electron chi connectivity index (χ3n) is 1.92. The molecule has 78 valence electrons. The van der Waals surface area contributed by atoms with Crippen LogP contribution < -0.4 is 11.1 Å². The highest BCUT2D eigenvalue weighted by Crippen LogP contribution is 2.09. The highest BCUT2D eigenvalue weighted by atomic mass is 32.2. The molecule has 0 bridgehead atoms. The van der Waals surface area contributed by atoms with E-state index in [9.17, 15) is 0 Å². The molecule has 0 aliphatic carbocycles. The Morgan fingerprint density at radius 3 is 3.00 bits per heavy atom. The number of hydrogen-bond donors (Lipinski definition) is 2. The maximum absolute atomic E-state index is 5.58. The lowest BCUT2D eigenvalue weighted by molar-refractivity contribution is 0.767. The molecular weight excluding hydrogens is 194 g/mol. The molecule has 3 N–H and O–H groups in total. The van der Waals surface area contributed by atoms with Crippen LogP contribution in [0, 0.1) is 0 Å². The van der Waals surface area contributed by atoms with Gasteiger partial charge in [-0.1, -0.05) is 6.07 Å². The summed E-state index contributed by atoms with van der Waals surface area (Å²) in [6, 6.07) is 6.08. The van der Waals surface area contributed by atoms with Crippen molar-refractivity contribution in [1.82, 2.24) is 4.98 Å². The molecule has 1 aromatic rings. The minimum absolute atomic E-state index is 0.441. The van der Waals surface area contributed by atoms with E-state index in [1.54, 1.807) is 6.07 Å². The van der Waals surface area contributed by atoms with Gasteiger partial charge in [-0.05, 0) is 37.5 Å². The van der Waals surface area contributed by atoms with Crippen LogP contribution in [0.3, 0.4) is 0 Å². The Hall–Kier alpha value is -0.900. The molecule has 0 radical (unpaired) electrons. The number of nitrogens with zero attached hydrogens (tertiary/aromatic N) is 1. The third kappa shape index (κ3) is 3.87. The van der Waals surface area contributed by atoms with Crippen molar-refractivity contribution in [3.8, 4) is 0 Å². The van der Waals surface area contributed by atoms with E-state index in [2.05, 4.69) is 23.5 Å². The van der Waals surface area contributed by atoms with E-state index < -0.39 is 0 Å². The van der Waals surface area contributed by atoms with Crippen molar-refractivity contribution < 1.29 is 0 Å². The summed E-state index contributed by atoms with van der Waals surface area (Å²) in [5.41, 5.74) is 5.58. The number of nitrogens with two attached hydrogens (primary N) is 1. The van der Waals surface area contributed by atoms with E-state index in [1.165, 1.54) is 0 Å². The quantitative estimate of drug-likeness (QED) is 0.784. The first-order chi connectivity index (χ1) is 6.72. The van der Waals surface area contributed by atoms with Gasteiger partial charge in [0.15, 0.2) is 0 Å². The fourth-order valence-corrected chi connectivity index (χ4v) is 1.74. The molecule has 1 aromatic heterocycles. The highest BCUT2D eigenvalue weighted by Gasteiger charge is 2.01. The second-order valence-electron chi connectivity index (χ2n) is 3.27. The maximum Gasteiger partial charge on any atom is 0.128 e. The van der Waals surface area contributed by atoms with E-state index in [1.807, 2.05) is 23.9 Å². The van der Waals surface area contributed by atoms with Crippen LogP contribution in [-0.2, 0) is 0 Å². The number of thioether (sulfide) groups is 1. The molecule has 0 aliphatic heterocycles. The topological polar surface area (TPSA) is 50.9 Å². The number of rotatable bonds is 5. The summed E-state index contributed by atoms with van der Waals surface area (Å²) in [5, 5.41) is 3.31. The predicted molar refractivity (Wildman–Crippen MR) is 64.7 cm³/mol. The second-order valence-corrected chi connectivity index (χ2v) is 4.26. The van der Waals surface area contributed by atoms with Gasteiger partial charge in [-0.3, -0.25) is 0 Å². The van der Waals surface area contributed by atoms with Gasteiger partial charge in [-0.2, -0.15) is 11.8 Å². The van der Waals surface area contributed by atoms with E-state index in [0.717, 1.165) is 18.0 Å². The average molecular weight is 211 g/mol. The molecule has 0 aromatic carbocycles. The Bertz CT molecular complexity index is 278. The zero-order chi connectivity index (χ0) is 10.4. The first kappa shape index (κ1) is 11.2. The van der Waals surface area contributed by atoms with Crippen LogP contribution in [0.2, 0.25) is 0 Å². The standard InChI is InChI=1S/C10H17N3S/c1-8(6-7-14-2)12-10-5-3-4-9(11)13-10/h3-5,8H,6-7H2,1-2H3,(H3,11,12,13). The van der Waals surface area contributed by atoms with Crippen LogP contribution in [0.25, 0.3) is 0 Å². The Balaban J connectivity index is 2.43. The maximum atomic E-state index is 5.58. The van der Waals surface area contributed by atoms with Crippen LogP contribution in [0.1, 0.15) is 13.3 Å². The Kier molecular flexibility index (Phi) is 4.59. The van der Waals surface area contributed by atoms with Gasteiger partial charge in [-0.15, -0.1) is 0 Å². The minimum Gasteiger partial charge on any atom is -0.384 e. The lowest BCUT2D eigenvalue weighted by Crippen LogP contribution is -2.16. The molecular formula is C10H17N3S. The van der Waals surface area contributed by atoms with Gasteiger partial charge >= 0.3 is 0 Å². The van der Waals surface area contributed by atoms with Gasteiger partial charge in [0.05, 0.1) is 0 Å². The molecule has 0 saturated carbocycles. The number of anilines is 2. The molecule has 0 amide bonds. The van der Waals surface area contributed by atoms with Gasteiger partial charge in [0.1, 0.15) is 11.6 Å². The molecule has 1 heterocycles. The van der Waals surface area contributed by atoms with Crippen LogP contribution in [-0.4, -0.2) is 23.0 Å². The molecule has 14 heavy (non-hydrogen) atoms. The van der Waals surface area contributed by atoms with Gasteiger partial charge in [-0.25, -0.2) is 4.98 Å². The lowest BCUT2D eigenvalue weighted by Gasteiger charge is -2.13. The number of nitrogen functional groups attached to an aromatic ring is 1. The van der Waals surface area contributed by atoms with E-state index in [0.29, 0.717) is 11.9 Å². The van der Waals surface area contributed by atoms with Crippen LogP contribution in [0.4, 0.5) is 11.6 Å². The zero-order valence-corrected chi connectivity index (χ0v) is 9.47. The molecule has 0 fully saturated rings. The summed E-state index contributed by atoms with van der Waals surface area (Å²) < 4.78 is 0. The monoisotopic (exact) mass is 211 g/mol. The van der Waals surface area contributed by atoms with Crippen molar-refractivity contribution in [2.24, 2.45) is 0 Å². The number of aromatic nitrogens is 1. The highest BCUT2D eigenvalue weighted by molar-refractivity contribution is 7.98. The molecule has 3 nitrogen and oxygen atoms in total. The van der Waals surface area contributed by atoms with Crippen LogP contribution in [0.15, 0.2) is 18.2 Å². The third-order valence-corrected chi connectivity index (χ3v) is 2.56. The number of nitrogens with one attached hydrogen (secondary N) is 1. The Morgan fingerprint density at radius 1 is 1.57 bits per heavy atom. The van der Waals surface area contributed by atoms with Crippen molar-refractivity contribution in [1.29, 1.82) is 0 Å². The van der Waals surface area contributed by atoms with Crippen molar-refractivity contribution in [3.05, 3.63) is 18.2 Å². The summed E-state index contributed by atoms with van der Waals surface area (Å²) in [6.45, 7) is 2.15. The van der Waals surface area contributed by atoms with E-state index in [4.69, 9.17) is 5.73 Å². The normalized spacial score (nSPS) is 12.4. The van der Waals surface area contributed by atoms with Gasteiger partial charge < -0.3 is 11.1 Å². The molecule has 1 rings (SSSR count). The summed E-state index contributed by atoms with van der Waals surface area (Å²) in [5.74, 6) is 2.59. The Morgan fingerprint density at radius 2 is 2.36 bits per heavy atom. The summed E-state index contributed by atoms with van der Waals surface area (Å²) in [6.07, 6.45) is 3.25. The van der Waals surface area contributed by atoms with Gasteiger partial charge in [0, 0.05) is 6.04 Å². The fraction of sp³-hybridized carbons (Fsp3) is 0.500. The SMILES string of the molecule is CSCCC(C)Nc1cccc(N)n1. The number of pyridine rings is 1. The summed E-state index contributed by atoms with van der Waals surface area (Å²) in [7, 11) is 0. The molecule has 4 heteroatoms. The smallest absolute Gasteiger partial charge is 0.128 e. The average Bonchev–Trinajstić information content (AvgIpc) is 2.15. The van der Waals surface area contributed by atoms with Crippen molar-refractivity contribution in [2.45, 2.75) is 19.4 Å². The molecule has 1 atom stereocenters. The summed E-state index contributed by atoms with van der Waals surface area (Å²) >= 11 is 1.86. The van der Waals surface area contributed by atoms with Crippen molar-refractivity contribution in [2.75, 3.05) is 23.1 Å². The largest absolute Gasteiger partial charge is 0.384 e. The van der Waals surface area contributed by atoms with Crippen LogP contribution >= 0.6 is 11.8 Å². The second kappa shape index (κ2) is 5.75. The summed E-state index contributed by atoms with van der Waals surface area (Å²) in [4.78, 5) is 4.18. The zero-order valence-electron chi connectivity index (χ0n) is 8.66. The molecule has 0 saturated heterocycles. The first-order valence-electron chi connectivity index (χ1n) is 4.70. The van der Waals surface area contributed by atoms with Gasteiger partial charge in [0.25, 0.3) is 0 Å². The lowest BCUT2D eigenvalue weighted by atomic mass is 10.2. The molecule has 0 spiro atoms. The van der Waals surface area contributed by atoms with E-state index >= 15 is 0 Å². The molecule has 0 aliphatic rings. The van der Waals surface area contributed by atoms with E-state index in [-0.39, 0.29) is 0 Å². The minimum atomic E-state index is 0.441. The predicted octanol–water partition coefficient (Wildman–Crippen LogP) is 2.22. The van der Waals surface area contributed by atoms with Crippen molar-refractivity contribution in [3.63, 3.8) is 0 Å². The van der Waals surface area contributed by atoms with Crippen molar-refractivity contribution >= 4 is 23.4 Å².